The van der Waals surface area contributed by atoms with Crippen LogP contribution in [0.2, 0.25) is 0 Å². The van der Waals surface area contributed by atoms with Gasteiger partial charge in [-0.2, -0.15) is 0 Å². The molecule has 45 heavy (non-hydrogen) atoms. The molecule has 7 nitrogen and oxygen atoms in total. The summed E-state index contributed by atoms with van der Waals surface area (Å²) < 4.78 is 29.5. The molecule has 0 unspecified atom stereocenters. The number of hydrogen-bond acceptors (Lipinski definition) is 7. The van der Waals surface area contributed by atoms with Crippen molar-refractivity contribution in [2.24, 2.45) is 0 Å². The molecule has 1 heterocycles. The average Bonchev–Trinajstić information content (AvgIpc) is 3.09. The molecule has 0 amide bonds. The molecule has 0 aliphatic rings. The van der Waals surface area contributed by atoms with Gasteiger partial charge in [0, 0.05) is 30.3 Å². The third kappa shape index (κ3) is 7.11. The Labute approximate surface area is 261 Å². The summed E-state index contributed by atoms with van der Waals surface area (Å²) in [6, 6.07) is 38.2. The number of rotatable bonds is 12. The Morgan fingerprint density at radius 1 is 0.622 bits per heavy atom. The van der Waals surface area contributed by atoms with Crippen LogP contribution in [0.15, 0.2) is 131 Å². The lowest BCUT2D eigenvalue weighted by Crippen LogP contribution is -2.08. The second kappa shape index (κ2) is 13.7. The van der Waals surface area contributed by atoms with Crippen molar-refractivity contribution < 1.29 is 23.4 Å². The third-order valence-electron chi connectivity index (χ3n) is 7.38. The second-order valence-corrected chi connectivity index (χ2v) is 10.4. The van der Waals surface area contributed by atoms with Gasteiger partial charge in [0.2, 0.25) is 0 Å². The van der Waals surface area contributed by atoms with Crippen LogP contribution >= 0.6 is 0 Å². The van der Waals surface area contributed by atoms with E-state index in [1.165, 1.54) is 6.07 Å². The predicted octanol–water partition coefficient (Wildman–Crippen LogP) is 8.25. The molecule has 1 aromatic heterocycles. The van der Waals surface area contributed by atoms with Crippen LogP contribution in [-0.2, 0) is 19.8 Å². The molecule has 0 atom stereocenters. The highest BCUT2D eigenvalue weighted by Gasteiger charge is 2.16. The fourth-order valence-corrected chi connectivity index (χ4v) is 4.99. The quantitative estimate of drug-likeness (QED) is 0.152. The molecule has 5 aromatic carbocycles. The highest BCUT2D eigenvalue weighted by Crippen LogP contribution is 2.35. The molecule has 1 N–H and O–H groups in total. The average molecular weight is 600 g/mol. The van der Waals surface area contributed by atoms with E-state index in [2.05, 4.69) is 5.32 Å². The molecular weight excluding hydrogens is 566 g/mol. The first-order chi connectivity index (χ1) is 22.1. The van der Waals surface area contributed by atoms with E-state index in [0.717, 1.165) is 22.4 Å². The number of hydrogen-bond donors (Lipinski definition) is 1. The summed E-state index contributed by atoms with van der Waals surface area (Å²) in [4.78, 5) is 13.7. The highest BCUT2D eigenvalue weighted by molar-refractivity contribution is 5.92. The zero-order valence-electron chi connectivity index (χ0n) is 25.1. The number of ether oxygens (including phenoxy) is 4. The van der Waals surface area contributed by atoms with Crippen LogP contribution in [0.4, 0.5) is 5.69 Å². The molecule has 0 spiro atoms. The van der Waals surface area contributed by atoms with Crippen molar-refractivity contribution in [2.75, 3.05) is 19.5 Å². The lowest BCUT2D eigenvalue weighted by Gasteiger charge is -2.15. The molecule has 6 rings (SSSR count). The summed E-state index contributed by atoms with van der Waals surface area (Å²) in [6.07, 6.45) is 0. The normalized spacial score (nSPS) is 10.8. The molecule has 0 bridgehead atoms. The van der Waals surface area contributed by atoms with Gasteiger partial charge in [-0.15, -0.1) is 0 Å². The van der Waals surface area contributed by atoms with E-state index in [1.807, 2.05) is 103 Å². The van der Waals surface area contributed by atoms with Crippen molar-refractivity contribution in [3.8, 4) is 34.3 Å². The minimum atomic E-state index is -0.180. The number of anilines is 1. The largest absolute Gasteiger partial charge is 0.497 e. The lowest BCUT2D eigenvalue weighted by molar-refractivity contribution is 0.284. The number of fused-ring (bicyclic) bond motifs is 1. The van der Waals surface area contributed by atoms with E-state index in [-0.39, 0.29) is 5.43 Å². The van der Waals surface area contributed by atoms with Crippen molar-refractivity contribution in [2.45, 2.75) is 19.8 Å². The van der Waals surface area contributed by atoms with Crippen molar-refractivity contribution >= 4 is 16.7 Å². The summed E-state index contributed by atoms with van der Waals surface area (Å²) in [6.45, 7) is 1.23. The summed E-state index contributed by atoms with van der Waals surface area (Å²) >= 11 is 0. The zero-order chi connectivity index (χ0) is 31.0. The van der Waals surface area contributed by atoms with E-state index >= 15 is 0 Å². The Hall–Kier alpha value is -5.69. The maximum Gasteiger partial charge on any atom is 0.195 e. The van der Waals surface area contributed by atoms with Crippen molar-refractivity contribution in [1.29, 1.82) is 0 Å². The van der Waals surface area contributed by atoms with E-state index < -0.39 is 0 Å². The minimum absolute atomic E-state index is 0.180. The van der Waals surface area contributed by atoms with Gasteiger partial charge < -0.3 is 28.7 Å². The summed E-state index contributed by atoms with van der Waals surface area (Å²) in [7, 11) is 3.23. The van der Waals surface area contributed by atoms with Crippen LogP contribution < -0.4 is 29.7 Å². The van der Waals surface area contributed by atoms with Crippen LogP contribution in [-0.4, -0.2) is 14.2 Å². The van der Waals surface area contributed by atoms with Crippen molar-refractivity contribution in [3.05, 3.63) is 148 Å². The summed E-state index contributed by atoms with van der Waals surface area (Å²) in [5.74, 6) is 2.88. The van der Waals surface area contributed by atoms with E-state index in [1.54, 1.807) is 26.4 Å². The van der Waals surface area contributed by atoms with Gasteiger partial charge in [-0.25, -0.2) is 0 Å². The van der Waals surface area contributed by atoms with Crippen LogP contribution in [0.3, 0.4) is 0 Å². The molecule has 0 aliphatic carbocycles. The van der Waals surface area contributed by atoms with E-state index in [0.29, 0.717) is 65.0 Å². The molecular formula is C38H33NO6. The Bertz CT molecular complexity index is 1940. The molecule has 0 saturated carbocycles. The first-order valence-corrected chi connectivity index (χ1v) is 14.6. The van der Waals surface area contributed by atoms with Crippen LogP contribution in [0.25, 0.3) is 22.3 Å². The standard InChI is InChI=1S/C38H33NO6/c1-41-30-16-13-26(14-17-30)23-39-32-20-31(43-24-27-9-5-3-6-10-27)21-37-38(32)33(40)22-35(45-37)29-15-18-34(42-2)36(19-29)44-25-28-11-7-4-8-12-28/h3-22,39H,23-25H2,1-2H3. The van der Waals surface area contributed by atoms with Gasteiger partial charge in [-0.3, -0.25) is 4.79 Å². The fourth-order valence-electron chi connectivity index (χ4n) is 4.99. The SMILES string of the molecule is COc1ccc(CNc2cc(OCc3ccccc3)cc3oc(-c4ccc(OC)c(OCc5ccccc5)c4)cc(=O)c23)cc1. The zero-order valence-corrected chi connectivity index (χ0v) is 25.1. The lowest BCUT2D eigenvalue weighted by atomic mass is 10.1. The molecule has 0 fully saturated rings. The Morgan fingerprint density at radius 3 is 1.98 bits per heavy atom. The third-order valence-corrected chi connectivity index (χ3v) is 7.38. The van der Waals surface area contributed by atoms with Crippen molar-refractivity contribution in [3.63, 3.8) is 0 Å². The molecule has 0 aliphatic heterocycles. The van der Waals surface area contributed by atoms with Gasteiger partial charge >= 0.3 is 0 Å². The fraction of sp³-hybridized carbons (Fsp3) is 0.132. The maximum atomic E-state index is 13.7. The Kier molecular flexibility index (Phi) is 8.97. The molecule has 6 aromatic rings. The number of benzene rings is 5. The molecule has 0 saturated heterocycles. The van der Waals surface area contributed by atoms with E-state index in [4.69, 9.17) is 23.4 Å². The number of nitrogens with one attached hydrogen (secondary N) is 1. The predicted molar refractivity (Wildman–Crippen MR) is 176 cm³/mol. The minimum Gasteiger partial charge on any atom is -0.497 e. The van der Waals surface area contributed by atoms with E-state index in [9.17, 15) is 4.79 Å². The van der Waals surface area contributed by atoms with Crippen LogP contribution in [0.5, 0.6) is 23.0 Å². The van der Waals surface area contributed by atoms with Crippen LogP contribution in [0.1, 0.15) is 16.7 Å². The van der Waals surface area contributed by atoms with Gasteiger partial charge in [0.1, 0.15) is 36.1 Å². The van der Waals surface area contributed by atoms with Crippen LogP contribution in [0, 0.1) is 0 Å². The van der Waals surface area contributed by atoms with Gasteiger partial charge in [-0.1, -0.05) is 72.8 Å². The van der Waals surface area contributed by atoms with Crippen molar-refractivity contribution in [1.82, 2.24) is 0 Å². The monoisotopic (exact) mass is 599 g/mol. The smallest absolute Gasteiger partial charge is 0.195 e. The summed E-state index contributed by atoms with van der Waals surface area (Å²) in [5.41, 5.74) is 4.61. The number of methoxy groups -OCH3 is 2. The van der Waals surface area contributed by atoms with Gasteiger partial charge in [-0.05, 0) is 47.0 Å². The topological polar surface area (TPSA) is 79.2 Å². The Balaban J connectivity index is 1.35. The molecule has 7 heteroatoms. The summed E-state index contributed by atoms with van der Waals surface area (Å²) in [5, 5.41) is 3.86. The van der Waals surface area contributed by atoms with Gasteiger partial charge in [0.05, 0.1) is 25.3 Å². The first kappa shape index (κ1) is 29.4. The maximum absolute atomic E-state index is 13.7. The van der Waals surface area contributed by atoms with Gasteiger partial charge in [0.25, 0.3) is 0 Å². The second-order valence-electron chi connectivity index (χ2n) is 10.4. The first-order valence-electron chi connectivity index (χ1n) is 14.6. The highest BCUT2D eigenvalue weighted by atomic mass is 16.5. The molecule has 226 valence electrons. The molecule has 0 radical (unpaired) electrons. The van der Waals surface area contributed by atoms with Gasteiger partial charge in [0.15, 0.2) is 16.9 Å². The Morgan fingerprint density at radius 2 is 1.31 bits per heavy atom.